The number of β-lactam (4-membered cyclic amide) rings is 1. The molecule has 11 heteroatoms. The Morgan fingerprint density at radius 1 is 1.52 bits per heavy atom. The number of thiazole rings is 1. The molecule has 0 unspecified atom stereocenters. The van der Waals surface area contributed by atoms with Crippen LogP contribution in [0.2, 0.25) is 5.28 Å². The quantitative estimate of drug-likeness (QED) is 0.342. The monoisotopic (exact) mass is 435 g/mol. The summed E-state index contributed by atoms with van der Waals surface area (Å²) >= 11 is 9.00. The van der Waals surface area contributed by atoms with Gasteiger partial charge in [-0.3, -0.25) is 9.20 Å². The summed E-state index contributed by atoms with van der Waals surface area (Å²) in [6.45, 7) is 3.42. The minimum atomic E-state index is -1.39. The fourth-order valence-corrected chi connectivity index (χ4v) is 6.24. The number of carbonyl (C=O) groups excluding carboxylic acids is 2. The summed E-state index contributed by atoms with van der Waals surface area (Å²) in [5.41, 5.74) is 0.437. The minimum absolute atomic E-state index is 0. The van der Waals surface area contributed by atoms with Crippen molar-refractivity contribution in [3.05, 3.63) is 22.1 Å². The smallest absolute Gasteiger partial charge is 0.543 e. The first-order valence-electron chi connectivity index (χ1n) is 7.96. The normalized spacial score (nSPS) is 25.4. The van der Waals surface area contributed by atoms with E-state index in [-0.39, 0.29) is 53.1 Å². The van der Waals surface area contributed by atoms with E-state index >= 15 is 0 Å². The molecule has 4 heterocycles. The average molecular weight is 436 g/mol. The van der Waals surface area contributed by atoms with Gasteiger partial charge in [-0.1, -0.05) is 6.92 Å². The maximum atomic E-state index is 12.4. The van der Waals surface area contributed by atoms with Crippen LogP contribution in [0.5, 0.6) is 0 Å². The van der Waals surface area contributed by atoms with E-state index in [1.54, 1.807) is 17.5 Å². The number of carboxylic acid groups (broad SMARTS) is 1. The zero-order valence-corrected chi connectivity index (χ0v) is 19.5. The van der Waals surface area contributed by atoms with Crippen molar-refractivity contribution in [1.29, 1.82) is 0 Å². The molecule has 0 bridgehead atoms. The summed E-state index contributed by atoms with van der Waals surface area (Å²) in [4.78, 5) is 31.3. The molecule has 1 fully saturated rings. The maximum absolute atomic E-state index is 12.4. The molecule has 0 aliphatic carbocycles. The number of thioether (sulfide) groups is 1. The van der Waals surface area contributed by atoms with Gasteiger partial charge in [0.05, 0.1) is 34.6 Å². The van der Waals surface area contributed by atoms with E-state index in [9.17, 15) is 19.8 Å². The van der Waals surface area contributed by atoms with E-state index in [1.807, 2.05) is 13.2 Å². The predicted octanol–water partition coefficient (Wildman–Crippen LogP) is -1.91. The first-order chi connectivity index (χ1) is 12.3. The van der Waals surface area contributed by atoms with Crippen LogP contribution in [-0.2, 0) is 9.59 Å². The molecule has 0 aromatic carbocycles. The second-order valence-corrected chi connectivity index (χ2v) is 8.63. The average Bonchev–Trinajstić information content (AvgIpc) is 3.17. The van der Waals surface area contributed by atoms with Gasteiger partial charge in [-0.05, 0) is 24.8 Å². The van der Waals surface area contributed by atoms with Gasteiger partial charge >= 0.3 is 29.6 Å². The second kappa shape index (κ2) is 7.37. The minimum Gasteiger partial charge on any atom is -0.543 e. The van der Waals surface area contributed by atoms with Crippen molar-refractivity contribution in [3.63, 3.8) is 0 Å². The molecular formula is C16H15ClN3NaO4S2. The Balaban J connectivity index is 0.00000210. The zero-order valence-electron chi connectivity index (χ0n) is 15.1. The van der Waals surface area contributed by atoms with Crippen LogP contribution in [0.15, 0.2) is 16.9 Å². The number of imidazole rings is 1. The SMILES string of the molecule is CSc1nc(Cl)n2cc(C3=C(C(=O)[O-])N4C(=O)[C@H]([C@@H](C)O)[C@H]4[C@H]3C)sc12.[Na+]. The van der Waals surface area contributed by atoms with Crippen LogP contribution in [0.25, 0.3) is 10.4 Å². The molecule has 2 aromatic heterocycles. The van der Waals surface area contributed by atoms with Gasteiger partial charge < -0.3 is 19.9 Å². The Morgan fingerprint density at radius 3 is 2.74 bits per heavy atom. The zero-order chi connectivity index (χ0) is 18.9. The van der Waals surface area contributed by atoms with Crippen LogP contribution in [0.1, 0.15) is 18.7 Å². The standard InChI is InChI=1S/C16H16ClN3O4S2.Na/c1-5-8(7-4-19-14(26-7)12(25-3)18-16(19)17)11(15(23)24)20-10(5)9(6(2)21)13(20)22;/h4-6,9-10,21H,1-3H3,(H,23,24);/q;+1/p-1/t5-,6+,9+,10+;/m0./s1. The molecule has 4 rings (SSSR count). The Morgan fingerprint density at radius 2 is 2.19 bits per heavy atom. The number of fused-ring (bicyclic) bond motifs is 2. The number of aliphatic hydroxyl groups is 1. The molecule has 1 N–H and O–H groups in total. The molecule has 7 nitrogen and oxygen atoms in total. The number of carboxylic acids is 1. The van der Waals surface area contributed by atoms with Gasteiger partial charge in [0, 0.05) is 17.7 Å². The number of rotatable bonds is 4. The van der Waals surface area contributed by atoms with Crippen molar-refractivity contribution < 1.29 is 49.4 Å². The maximum Gasteiger partial charge on any atom is 1.00 e. The number of halogens is 1. The van der Waals surface area contributed by atoms with E-state index in [4.69, 9.17) is 11.6 Å². The number of hydrogen-bond donors (Lipinski definition) is 1. The third-order valence-corrected chi connectivity index (χ3v) is 7.27. The summed E-state index contributed by atoms with van der Waals surface area (Å²) in [7, 11) is 0. The fraction of sp³-hybridized carbons (Fsp3) is 0.438. The molecule has 2 aliphatic heterocycles. The van der Waals surface area contributed by atoms with Gasteiger partial charge in [-0.2, -0.15) is 0 Å². The first-order valence-corrected chi connectivity index (χ1v) is 10.4. The van der Waals surface area contributed by atoms with E-state index in [1.165, 1.54) is 28.0 Å². The molecule has 2 aromatic rings. The van der Waals surface area contributed by atoms with Gasteiger partial charge in [0.1, 0.15) is 9.86 Å². The van der Waals surface area contributed by atoms with Gasteiger partial charge in [0.15, 0.2) is 0 Å². The van der Waals surface area contributed by atoms with Gasteiger partial charge in [0.25, 0.3) is 0 Å². The summed E-state index contributed by atoms with van der Waals surface area (Å²) in [5.74, 6) is -2.61. The summed E-state index contributed by atoms with van der Waals surface area (Å²) < 4.78 is 1.71. The third-order valence-electron chi connectivity index (χ3n) is 5.07. The molecule has 27 heavy (non-hydrogen) atoms. The molecule has 1 amide bonds. The molecule has 138 valence electrons. The number of amides is 1. The fourth-order valence-electron chi connectivity index (χ4n) is 3.97. The van der Waals surface area contributed by atoms with Crippen LogP contribution in [-0.4, -0.2) is 49.7 Å². The Bertz CT molecular complexity index is 986. The van der Waals surface area contributed by atoms with Crippen molar-refractivity contribution in [1.82, 2.24) is 14.3 Å². The Hall–Kier alpha value is -0.550. The first kappa shape index (κ1) is 21.2. The molecule has 0 radical (unpaired) electrons. The summed E-state index contributed by atoms with van der Waals surface area (Å²) in [6.07, 6.45) is 2.80. The molecule has 1 saturated heterocycles. The topological polar surface area (TPSA) is 98.0 Å². The third kappa shape index (κ3) is 2.90. The number of aliphatic hydroxyl groups excluding tert-OH is 1. The number of hydrogen-bond acceptors (Lipinski definition) is 7. The van der Waals surface area contributed by atoms with Crippen LogP contribution in [0.3, 0.4) is 0 Å². The van der Waals surface area contributed by atoms with Gasteiger partial charge in [0.2, 0.25) is 11.2 Å². The van der Waals surface area contributed by atoms with Crippen molar-refractivity contribution >= 4 is 57.0 Å². The van der Waals surface area contributed by atoms with Crippen LogP contribution < -0.4 is 34.7 Å². The van der Waals surface area contributed by atoms with Crippen LogP contribution in [0.4, 0.5) is 0 Å². The molecule has 2 aliphatic rings. The van der Waals surface area contributed by atoms with Crippen LogP contribution in [0, 0.1) is 11.8 Å². The van der Waals surface area contributed by atoms with E-state index in [2.05, 4.69) is 4.98 Å². The number of aromatic nitrogens is 2. The molecular weight excluding hydrogens is 421 g/mol. The number of nitrogens with zero attached hydrogens (tertiary/aromatic N) is 3. The summed E-state index contributed by atoms with van der Waals surface area (Å²) in [6, 6.07) is -0.375. The van der Waals surface area contributed by atoms with Crippen molar-refractivity contribution in [3.8, 4) is 0 Å². The van der Waals surface area contributed by atoms with Crippen LogP contribution >= 0.6 is 34.7 Å². The Kier molecular flexibility index (Phi) is 5.77. The van der Waals surface area contributed by atoms with E-state index in [0.29, 0.717) is 15.7 Å². The molecule has 4 atom stereocenters. The number of aliphatic carboxylic acids is 1. The van der Waals surface area contributed by atoms with E-state index < -0.39 is 18.0 Å². The van der Waals surface area contributed by atoms with E-state index in [0.717, 1.165) is 9.86 Å². The summed E-state index contributed by atoms with van der Waals surface area (Å²) in [5, 5.41) is 22.8. The largest absolute Gasteiger partial charge is 1.00 e. The number of carbonyl (C=O) groups is 2. The Labute approximate surface area is 190 Å². The van der Waals surface area contributed by atoms with Crippen molar-refractivity contribution in [2.75, 3.05) is 6.26 Å². The predicted molar refractivity (Wildman–Crippen MR) is 96.8 cm³/mol. The van der Waals surface area contributed by atoms with Crippen molar-refractivity contribution in [2.45, 2.75) is 31.0 Å². The second-order valence-electron chi connectivity index (χ2n) is 6.46. The molecule has 0 saturated carbocycles. The molecule has 0 spiro atoms. The van der Waals surface area contributed by atoms with Gasteiger partial charge in [-0.15, -0.1) is 23.1 Å². The van der Waals surface area contributed by atoms with Crippen molar-refractivity contribution in [2.24, 2.45) is 11.8 Å². The van der Waals surface area contributed by atoms with Gasteiger partial charge in [-0.25, -0.2) is 4.98 Å².